The van der Waals surface area contributed by atoms with Crippen molar-refractivity contribution >= 4 is 44.7 Å². The van der Waals surface area contributed by atoms with Gasteiger partial charge in [-0.05, 0) is 54.4 Å². The topological polar surface area (TPSA) is 55.1 Å². The molecule has 0 bridgehead atoms. The second-order valence-electron chi connectivity index (χ2n) is 4.52. The highest BCUT2D eigenvalue weighted by molar-refractivity contribution is 9.10. The fraction of sp³-hybridized carbons (Fsp3) is 0.333. The molecule has 1 amide bonds. The zero-order valence-electron chi connectivity index (χ0n) is 10.3. The van der Waals surface area contributed by atoms with Gasteiger partial charge in [-0.25, -0.2) is 4.39 Å². The molecule has 0 saturated heterocycles. The van der Waals surface area contributed by atoms with Gasteiger partial charge in [0.1, 0.15) is 5.82 Å². The highest BCUT2D eigenvalue weighted by atomic mass is 79.9. The zero-order chi connectivity index (χ0) is 14.1. The van der Waals surface area contributed by atoms with Gasteiger partial charge in [0.05, 0.1) is 14.9 Å². The third-order valence-corrected chi connectivity index (χ3v) is 3.82. The standard InChI is InChI=1S/C12H14BrFN2OS/c1-6-4-7(13)8(14)5-9(6)16-11(17)12(2,3)10(15)18/h4-5H,1-3H3,(H2,15,18)(H,16,17). The molecule has 0 fully saturated rings. The summed E-state index contributed by atoms with van der Waals surface area (Å²) >= 11 is 7.92. The summed E-state index contributed by atoms with van der Waals surface area (Å²) in [5.74, 6) is -0.802. The van der Waals surface area contributed by atoms with E-state index in [1.807, 2.05) is 0 Å². The molecule has 0 spiro atoms. The molecule has 0 unspecified atom stereocenters. The lowest BCUT2D eigenvalue weighted by Crippen LogP contribution is -2.41. The van der Waals surface area contributed by atoms with Crippen molar-refractivity contribution < 1.29 is 9.18 Å². The molecule has 3 N–H and O–H groups in total. The summed E-state index contributed by atoms with van der Waals surface area (Å²) in [6, 6.07) is 2.85. The van der Waals surface area contributed by atoms with Crippen LogP contribution in [0, 0.1) is 18.2 Å². The van der Waals surface area contributed by atoms with Gasteiger partial charge in [-0.15, -0.1) is 0 Å². The number of hydrogen-bond donors (Lipinski definition) is 2. The fourth-order valence-electron chi connectivity index (χ4n) is 1.17. The first-order valence-electron chi connectivity index (χ1n) is 5.23. The average Bonchev–Trinajstić information content (AvgIpc) is 2.25. The summed E-state index contributed by atoms with van der Waals surface area (Å²) in [5, 5.41) is 2.63. The van der Waals surface area contributed by atoms with E-state index in [1.54, 1.807) is 26.8 Å². The highest BCUT2D eigenvalue weighted by Crippen LogP contribution is 2.26. The normalized spacial score (nSPS) is 11.2. The van der Waals surface area contributed by atoms with Crippen LogP contribution in [0.15, 0.2) is 16.6 Å². The van der Waals surface area contributed by atoms with Crippen LogP contribution < -0.4 is 11.1 Å². The molecule has 0 heterocycles. The molecule has 0 saturated carbocycles. The minimum atomic E-state index is -0.981. The van der Waals surface area contributed by atoms with Gasteiger partial charge in [0.2, 0.25) is 5.91 Å². The van der Waals surface area contributed by atoms with Crippen LogP contribution in [0.5, 0.6) is 0 Å². The van der Waals surface area contributed by atoms with Gasteiger partial charge in [-0.3, -0.25) is 4.79 Å². The average molecular weight is 333 g/mol. The summed E-state index contributed by atoms with van der Waals surface area (Å²) in [4.78, 5) is 12.1. The molecule has 0 aromatic heterocycles. The van der Waals surface area contributed by atoms with Crippen LogP contribution >= 0.6 is 28.1 Å². The van der Waals surface area contributed by atoms with Crippen molar-refractivity contribution in [3.8, 4) is 0 Å². The summed E-state index contributed by atoms with van der Waals surface area (Å²) in [5.41, 5.74) is 5.68. The van der Waals surface area contributed by atoms with Crippen LogP contribution in [0.1, 0.15) is 19.4 Å². The molecule has 1 aromatic rings. The number of anilines is 1. The van der Waals surface area contributed by atoms with Crippen LogP contribution in [0.25, 0.3) is 0 Å². The van der Waals surface area contributed by atoms with Crippen molar-refractivity contribution in [1.82, 2.24) is 0 Å². The third kappa shape index (κ3) is 3.05. The van der Waals surface area contributed by atoms with Crippen LogP contribution in [0.2, 0.25) is 0 Å². The fourth-order valence-corrected chi connectivity index (χ4v) is 1.72. The monoisotopic (exact) mass is 332 g/mol. The largest absolute Gasteiger partial charge is 0.392 e. The Labute approximate surface area is 119 Å². The molecular weight excluding hydrogens is 319 g/mol. The number of rotatable bonds is 3. The smallest absolute Gasteiger partial charge is 0.236 e. The Morgan fingerprint density at radius 1 is 1.50 bits per heavy atom. The number of carbonyl (C=O) groups is 1. The molecular formula is C12H14BrFN2OS. The van der Waals surface area contributed by atoms with Crippen LogP contribution in [0.3, 0.4) is 0 Å². The van der Waals surface area contributed by atoms with Crippen molar-refractivity contribution in [1.29, 1.82) is 0 Å². The first-order valence-corrected chi connectivity index (χ1v) is 6.43. The van der Waals surface area contributed by atoms with Crippen LogP contribution in [-0.4, -0.2) is 10.9 Å². The number of nitrogens with one attached hydrogen (secondary N) is 1. The molecule has 0 radical (unpaired) electrons. The van der Waals surface area contributed by atoms with Crippen LogP contribution in [0.4, 0.5) is 10.1 Å². The molecule has 0 aliphatic rings. The van der Waals surface area contributed by atoms with E-state index in [2.05, 4.69) is 21.2 Å². The first kappa shape index (κ1) is 15.0. The Kier molecular flexibility index (Phi) is 4.45. The lowest BCUT2D eigenvalue weighted by Gasteiger charge is -2.22. The predicted octanol–water partition coefficient (Wildman–Crippen LogP) is 3.15. The summed E-state index contributed by atoms with van der Waals surface area (Å²) in [7, 11) is 0. The van der Waals surface area contributed by atoms with Gasteiger partial charge in [0.25, 0.3) is 0 Å². The van der Waals surface area contributed by atoms with E-state index in [-0.39, 0.29) is 10.9 Å². The maximum Gasteiger partial charge on any atom is 0.236 e. The Morgan fingerprint density at radius 2 is 2.06 bits per heavy atom. The van der Waals surface area contributed by atoms with E-state index in [0.717, 1.165) is 5.56 Å². The summed E-state index contributed by atoms with van der Waals surface area (Å²) < 4.78 is 13.8. The lowest BCUT2D eigenvalue weighted by molar-refractivity contribution is -0.121. The predicted molar refractivity (Wildman–Crippen MR) is 78.0 cm³/mol. The van der Waals surface area contributed by atoms with Gasteiger partial charge in [-0.2, -0.15) is 0 Å². The third-order valence-electron chi connectivity index (χ3n) is 2.70. The van der Waals surface area contributed by atoms with E-state index in [0.29, 0.717) is 10.2 Å². The van der Waals surface area contributed by atoms with Gasteiger partial charge in [-0.1, -0.05) is 12.2 Å². The van der Waals surface area contributed by atoms with Gasteiger partial charge in [0, 0.05) is 5.69 Å². The Bertz CT molecular complexity index is 517. The van der Waals surface area contributed by atoms with Crippen molar-refractivity contribution in [2.45, 2.75) is 20.8 Å². The number of nitrogens with two attached hydrogens (primary N) is 1. The van der Waals surface area contributed by atoms with E-state index in [9.17, 15) is 9.18 Å². The minimum Gasteiger partial charge on any atom is -0.392 e. The number of thiocarbonyl (C=S) groups is 1. The van der Waals surface area contributed by atoms with E-state index >= 15 is 0 Å². The van der Waals surface area contributed by atoms with Crippen LogP contribution in [-0.2, 0) is 4.79 Å². The number of amides is 1. The second-order valence-corrected chi connectivity index (χ2v) is 5.82. The quantitative estimate of drug-likeness (QED) is 0.836. The Balaban J connectivity index is 3.03. The second kappa shape index (κ2) is 5.32. The Morgan fingerprint density at radius 3 is 2.56 bits per heavy atom. The van der Waals surface area contributed by atoms with Crippen molar-refractivity contribution in [3.63, 3.8) is 0 Å². The number of benzene rings is 1. The maximum atomic E-state index is 13.4. The molecule has 0 aliphatic carbocycles. The van der Waals surface area contributed by atoms with Crippen molar-refractivity contribution in [2.24, 2.45) is 11.1 Å². The van der Waals surface area contributed by atoms with E-state index in [4.69, 9.17) is 18.0 Å². The summed E-state index contributed by atoms with van der Waals surface area (Å²) in [6.45, 7) is 5.01. The molecule has 0 atom stereocenters. The van der Waals surface area contributed by atoms with Crippen molar-refractivity contribution in [3.05, 3.63) is 28.0 Å². The molecule has 3 nitrogen and oxygen atoms in total. The van der Waals surface area contributed by atoms with E-state index < -0.39 is 11.2 Å². The molecule has 1 rings (SSSR count). The molecule has 6 heteroatoms. The van der Waals surface area contributed by atoms with E-state index in [1.165, 1.54) is 6.07 Å². The minimum absolute atomic E-state index is 0.0928. The number of hydrogen-bond acceptors (Lipinski definition) is 2. The van der Waals surface area contributed by atoms with Gasteiger partial charge >= 0.3 is 0 Å². The molecule has 18 heavy (non-hydrogen) atoms. The molecule has 1 aromatic carbocycles. The lowest BCUT2D eigenvalue weighted by atomic mass is 9.92. The van der Waals surface area contributed by atoms with Gasteiger partial charge in [0.15, 0.2) is 0 Å². The summed E-state index contributed by atoms with van der Waals surface area (Å²) in [6.07, 6.45) is 0. The first-order chi connectivity index (χ1) is 8.16. The number of aryl methyl sites for hydroxylation is 1. The Hall–Kier alpha value is -1.01. The number of halogens is 2. The van der Waals surface area contributed by atoms with Gasteiger partial charge < -0.3 is 11.1 Å². The molecule has 98 valence electrons. The maximum absolute atomic E-state index is 13.4. The highest BCUT2D eigenvalue weighted by Gasteiger charge is 2.31. The molecule has 0 aliphatic heterocycles. The number of carbonyl (C=O) groups excluding carboxylic acids is 1. The zero-order valence-corrected chi connectivity index (χ0v) is 12.7. The SMILES string of the molecule is Cc1cc(Br)c(F)cc1NC(=O)C(C)(C)C(N)=S. The van der Waals surface area contributed by atoms with Crippen molar-refractivity contribution in [2.75, 3.05) is 5.32 Å².